The van der Waals surface area contributed by atoms with Crippen LogP contribution in [0.15, 0.2) is 30.3 Å². The lowest BCUT2D eigenvalue weighted by atomic mass is 10.1. The zero-order chi connectivity index (χ0) is 11.4. The molecule has 1 heterocycles. The van der Waals surface area contributed by atoms with Crippen LogP contribution >= 0.6 is 0 Å². The average Bonchev–Trinajstić information content (AvgIpc) is 2.39. The zero-order valence-electron chi connectivity index (χ0n) is 9.65. The topological polar surface area (TPSA) is 32.3 Å². The molecule has 3 nitrogen and oxygen atoms in total. The summed E-state index contributed by atoms with van der Waals surface area (Å²) in [7, 11) is 1.90. The van der Waals surface area contributed by atoms with Crippen molar-refractivity contribution in [1.82, 2.24) is 10.2 Å². The molecule has 0 spiro atoms. The SMILES string of the molecule is CN(C(=O)c1ccccc1)C1CCCNC1. The normalized spacial score (nSPS) is 20.4. The minimum atomic E-state index is 0.120. The van der Waals surface area contributed by atoms with Gasteiger partial charge in [0.15, 0.2) is 0 Å². The second kappa shape index (κ2) is 5.12. The first-order chi connectivity index (χ1) is 7.79. The summed E-state index contributed by atoms with van der Waals surface area (Å²) < 4.78 is 0. The van der Waals surface area contributed by atoms with Crippen molar-refractivity contribution in [3.05, 3.63) is 35.9 Å². The predicted octanol–water partition coefficient (Wildman–Crippen LogP) is 1.51. The first-order valence-corrected chi connectivity index (χ1v) is 5.82. The number of carbonyl (C=O) groups is 1. The Hall–Kier alpha value is -1.35. The number of piperidine rings is 1. The van der Waals surface area contributed by atoms with Crippen LogP contribution in [0, 0.1) is 0 Å². The maximum Gasteiger partial charge on any atom is 0.253 e. The van der Waals surface area contributed by atoms with E-state index in [-0.39, 0.29) is 5.91 Å². The van der Waals surface area contributed by atoms with Crippen molar-refractivity contribution in [1.29, 1.82) is 0 Å². The van der Waals surface area contributed by atoms with Crippen molar-refractivity contribution in [2.45, 2.75) is 18.9 Å². The molecular weight excluding hydrogens is 200 g/mol. The van der Waals surface area contributed by atoms with Crippen LogP contribution in [0.1, 0.15) is 23.2 Å². The fraction of sp³-hybridized carbons (Fsp3) is 0.462. The highest BCUT2D eigenvalue weighted by Crippen LogP contribution is 2.12. The molecule has 1 aliphatic rings. The standard InChI is InChI=1S/C13H18N2O/c1-15(12-8-5-9-14-10-12)13(16)11-6-3-2-4-7-11/h2-4,6-7,12,14H,5,8-10H2,1H3. The minimum Gasteiger partial charge on any atom is -0.337 e. The van der Waals surface area contributed by atoms with Gasteiger partial charge < -0.3 is 10.2 Å². The smallest absolute Gasteiger partial charge is 0.253 e. The molecule has 1 amide bonds. The first-order valence-electron chi connectivity index (χ1n) is 5.82. The number of amides is 1. The lowest BCUT2D eigenvalue weighted by Gasteiger charge is -2.31. The quantitative estimate of drug-likeness (QED) is 0.816. The van der Waals surface area contributed by atoms with E-state index in [1.54, 1.807) is 0 Å². The largest absolute Gasteiger partial charge is 0.337 e. The summed E-state index contributed by atoms with van der Waals surface area (Å²) in [5, 5.41) is 3.33. The van der Waals surface area contributed by atoms with Gasteiger partial charge in [0.05, 0.1) is 0 Å². The summed E-state index contributed by atoms with van der Waals surface area (Å²) in [6.45, 7) is 1.99. The highest BCUT2D eigenvalue weighted by Gasteiger charge is 2.22. The van der Waals surface area contributed by atoms with E-state index in [1.165, 1.54) is 0 Å². The van der Waals surface area contributed by atoms with Gasteiger partial charge in [-0.25, -0.2) is 0 Å². The molecule has 1 aromatic rings. The van der Waals surface area contributed by atoms with Gasteiger partial charge in [-0.1, -0.05) is 18.2 Å². The molecule has 1 N–H and O–H groups in total. The van der Waals surface area contributed by atoms with E-state index in [0.29, 0.717) is 6.04 Å². The number of nitrogens with zero attached hydrogens (tertiary/aromatic N) is 1. The van der Waals surface area contributed by atoms with Crippen molar-refractivity contribution >= 4 is 5.91 Å². The van der Waals surface area contributed by atoms with Crippen molar-refractivity contribution in [3.8, 4) is 0 Å². The summed E-state index contributed by atoms with van der Waals surface area (Å²) in [5.41, 5.74) is 0.774. The number of carbonyl (C=O) groups excluding carboxylic acids is 1. The Morgan fingerprint density at radius 1 is 1.38 bits per heavy atom. The first kappa shape index (κ1) is 11.1. The van der Waals surface area contributed by atoms with E-state index in [1.807, 2.05) is 42.3 Å². The van der Waals surface area contributed by atoms with E-state index >= 15 is 0 Å². The molecular formula is C13H18N2O. The molecule has 0 radical (unpaired) electrons. The fourth-order valence-electron chi connectivity index (χ4n) is 2.11. The third kappa shape index (κ3) is 2.42. The predicted molar refractivity (Wildman–Crippen MR) is 64.4 cm³/mol. The summed E-state index contributed by atoms with van der Waals surface area (Å²) in [5.74, 6) is 0.120. The van der Waals surface area contributed by atoms with Gasteiger partial charge in [-0.2, -0.15) is 0 Å². The molecule has 0 bridgehead atoms. The monoisotopic (exact) mass is 218 g/mol. The number of benzene rings is 1. The van der Waals surface area contributed by atoms with E-state index in [0.717, 1.165) is 31.5 Å². The van der Waals surface area contributed by atoms with Crippen molar-refractivity contribution in [3.63, 3.8) is 0 Å². The molecule has 1 saturated heterocycles. The third-order valence-electron chi connectivity index (χ3n) is 3.16. The van der Waals surface area contributed by atoms with Crippen LogP contribution in [0.5, 0.6) is 0 Å². The van der Waals surface area contributed by atoms with E-state index in [9.17, 15) is 4.79 Å². The number of rotatable bonds is 2. The third-order valence-corrected chi connectivity index (χ3v) is 3.16. The molecule has 0 saturated carbocycles. The van der Waals surface area contributed by atoms with Gasteiger partial charge in [0.1, 0.15) is 0 Å². The molecule has 1 aliphatic heterocycles. The Kier molecular flexibility index (Phi) is 3.57. The molecule has 3 heteroatoms. The van der Waals surface area contributed by atoms with Gasteiger partial charge in [0, 0.05) is 25.2 Å². The van der Waals surface area contributed by atoms with Crippen LogP contribution in [-0.2, 0) is 0 Å². The molecule has 1 aromatic carbocycles. The van der Waals surface area contributed by atoms with Crippen LogP contribution < -0.4 is 5.32 Å². The highest BCUT2D eigenvalue weighted by molar-refractivity contribution is 5.94. The molecule has 0 aliphatic carbocycles. The number of nitrogens with one attached hydrogen (secondary N) is 1. The Bertz CT molecular complexity index is 344. The summed E-state index contributed by atoms with van der Waals surface area (Å²) >= 11 is 0. The average molecular weight is 218 g/mol. The van der Waals surface area contributed by atoms with Gasteiger partial charge in [-0.15, -0.1) is 0 Å². The lowest BCUT2D eigenvalue weighted by Crippen LogP contribution is -2.46. The van der Waals surface area contributed by atoms with Crippen molar-refractivity contribution in [2.24, 2.45) is 0 Å². The fourth-order valence-corrected chi connectivity index (χ4v) is 2.11. The Morgan fingerprint density at radius 3 is 2.75 bits per heavy atom. The highest BCUT2D eigenvalue weighted by atomic mass is 16.2. The molecule has 16 heavy (non-hydrogen) atoms. The number of hydrogen-bond donors (Lipinski definition) is 1. The van der Waals surface area contributed by atoms with Crippen LogP contribution in [-0.4, -0.2) is 37.0 Å². The van der Waals surface area contributed by atoms with Crippen LogP contribution in [0.3, 0.4) is 0 Å². The minimum absolute atomic E-state index is 0.120. The van der Waals surface area contributed by atoms with Crippen LogP contribution in [0.4, 0.5) is 0 Å². The second-order valence-electron chi connectivity index (χ2n) is 4.28. The maximum atomic E-state index is 12.1. The molecule has 1 unspecified atom stereocenters. The lowest BCUT2D eigenvalue weighted by molar-refractivity contribution is 0.0708. The van der Waals surface area contributed by atoms with Gasteiger partial charge in [0.2, 0.25) is 0 Å². The zero-order valence-corrected chi connectivity index (χ0v) is 9.65. The van der Waals surface area contributed by atoms with E-state index in [2.05, 4.69) is 5.32 Å². The molecule has 2 rings (SSSR count). The van der Waals surface area contributed by atoms with E-state index < -0.39 is 0 Å². The summed E-state index contributed by atoms with van der Waals surface area (Å²) in [4.78, 5) is 14.0. The van der Waals surface area contributed by atoms with Crippen molar-refractivity contribution in [2.75, 3.05) is 20.1 Å². The maximum absolute atomic E-state index is 12.1. The number of hydrogen-bond acceptors (Lipinski definition) is 2. The summed E-state index contributed by atoms with van der Waals surface area (Å²) in [6.07, 6.45) is 2.25. The Balaban J connectivity index is 2.04. The molecule has 86 valence electrons. The summed E-state index contributed by atoms with van der Waals surface area (Å²) in [6, 6.07) is 9.81. The van der Waals surface area contributed by atoms with Gasteiger partial charge in [-0.05, 0) is 31.5 Å². The van der Waals surface area contributed by atoms with Gasteiger partial charge >= 0.3 is 0 Å². The Morgan fingerprint density at radius 2 is 2.12 bits per heavy atom. The van der Waals surface area contributed by atoms with E-state index in [4.69, 9.17) is 0 Å². The van der Waals surface area contributed by atoms with Gasteiger partial charge in [-0.3, -0.25) is 4.79 Å². The van der Waals surface area contributed by atoms with Crippen molar-refractivity contribution < 1.29 is 4.79 Å². The Labute approximate surface area is 96.5 Å². The molecule has 0 aromatic heterocycles. The number of likely N-dealkylation sites (N-methyl/N-ethyl adjacent to an activating group) is 1. The molecule has 1 fully saturated rings. The van der Waals surface area contributed by atoms with Crippen LogP contribution in [0.25, 0.3) is 0 Å². The van der Waals surface area contributed by atoms with Gasteiger partial charge in [0.25, 0.3) is 5.91 Å². The van der Waals surface area contributed by atoms with Crippen LogP contribution in [0.2, 0.25) is 0 Å². The molecule has 1 atom stereocenters. The second-order valence-corrected chi connectivity index (χ2v) is 4.28.